The highest BCUT2D eigenvalue weighted by Gasteiger charge is 2.58. The number of ether oxygens (including phenoxy) is 6. The second-order valence-electron chi connectivity index (χ2n) is 15.4. The molecule has 16 nitrogen and oxygen atoms in total. The lowest BCUT2D eigenvalue weighted by Gasteiger charge is -2.48. The maximum absolute atomic E-state index is 13.8. The number of carbonyl (C=O) groups excluding carboxylic acids is 2. The zero-order valence-corrected chi connectivity index (χ0v) is 30.5. The van der Waals surface area contributed by atoms with E-state index >= 15 is 0 Å². The summed E-state index contributed by atoms with van der Waals surface area (Å²) in [7, 11) is 0. The van der Waals surface area contributed by atoms with Gasteiger partial charge in [0, 0.05) is 42.4 Å². The highest BCUT2D eigenvalue weighted by Crippen LogP contribution is 2.52. The number of aromatic hydroxyl groups is 1. The molecule has 3 aliphatic carbocycles. The molecule has 6 aliphatic rings. The molecular formula is C38H50O16. The van der Waals surface area contributed by atoms with E-state index in [1.54, 1.807) is 27.7 Å². The average Bonchev–Trinajstić information content (AvgIpc) is 3.11. The van der Waals surface area contributed by atoms with E-state index in [1.165, 1.54) is 18.2 Å². The number of ketones is 2. The van der Waals surface area contributed by atoms with E-state index < -0.39 is 126 Å². The fourth-order valence-electron chi connectivity index (χ4n) is 8.87. The number of hydrogen-bond donors (Lipinski definition) is 8. The number of Topliss-reactive ketones (excluding diaryl/α,β-unsaturated/α-hetero) is 2. The zero-order valence-electron chi connectivity index (χ0n) is 30.5. The van der Waals surface area contributed by atoms with Crippen LogP contribution in [-0.2, 0) is 28.4 Å². The fraction of sp³-hybridized carbons (Fsp3) is 0.684. The lowest BCUT2D eigenvalue weighted by Crippen LogP contribution is -2.57. The molecule has 7 rings (SSSR count). The Hall–Kier alpha value is -3.00. The van der Waals surface area contributed by atoms with Crippen LogP contribution in [0.4, 0.5) is 0 Å². The van der Waals surface area contributed by atoms with Crippen LogP contribution in [0.25, 0.3) is 0 Å². The van der Waals surface area contributed by atoms with Gasteiger partial charge in [0.25, 0.3) is 0 Å². The Morgan fingerprint density at radius 2 is 1.28 bits per heavy atom. The van der Waals surface area contributed by atoms with Gasteiger partial charge in [0.05, 0.1) is 65.7 Å². The maximum atomic E-state index is 13.8. The Bertz CT molecular complexity index is 1670. The lowest BCUT2D eigenvalue weighted by molar-refractivity contribution is -0.332. The molecule has 0 aromatic heterocycles. The minimum atomic E-state index is -1.90. The molecule has 0 radical (unpaired) electrons. The molecule has 1 saturated carbocycles. The normalized spacial score (nSPS) is 44.1. The number of benzene rings is 1. The van der Waals surface area contributed by atoms with Gasteiger partial charge in [-0.3, -0.25) is 9.59 Å². The first-order valence-electron chi connectivity index (χ1n) is 18.7. The molecule has 16 unspecified atom stereocenters. The van der Waals surface area contributed by atoms with Crippen LogP contribution in [0.15, 0.2) is 40.9 Å². The van der Waals surface area contributed by atoms with Crippen LogP contribution in [0.5, 0.6) is 5.75 Å². The van der Waals surface area contributed by atoms with Gasteiger partial charge in [0.2, 0.25) is 0 Å². The second kappa shape index (κ2) is 14.8. The summed E-state index contributed by atoms with van der Waals surface area (Å²) in [5.41, 5.74) is -2.87. The van der Waals surface area contributed by atoms with Gasteiger partial charge in [-0.1, -0.05) is 19.1 Å². The van der Waals surface area contributed by atoms with Crippen molar-refractivity contribution in [1.82, 2.24) is 0 Å². The Labute approximate surface area is 311 Å². The highest BCUT2D eigenvalue weighted by molar-refractivity contribution is 6.19. The quantitative estimate of drug-likeness (QED) is 0.196. The maximum Gasteiger partial charge on any atom is 0.179 e. The summed E-state index contributed by atoms with van der Waals surface area (Å²) in [6, 6.07) is 3.93. The van der Waals surface area contributed by atoms with Crippen molar-refractivity contribution in [1.29, 1.82) is 0 Å². The highest BCUT2D eigenvalue weighted by atomic mass is 16.7. The standard InChI is InChI=1S/C38H50O16/c1-5-38(48)13-22(27-30(37(38)47)34(46)28-29(33(27)45)32(44)26-17(31(28)43)7-6-8-19(26)40)52-24-11-20(41)36(16(4)50-24)54-25-12-21(42)35(15(3)51-25)53-23-10-9-18(39)14(2)49-23/h6-8,14-16,18,20-25,28-29,35-37,39-42,45-48H,5,9-13H2,1-4H3. The number of carbonyl (C=O) groups is 2. The Kier molecular flexibility index (Phi) is 10.8. The molecule has 298 valence electrons. The van der Waals surface area contributed by atoms with Gasteiger partial charge in [-0.25, -0.2) is 0 Å². The Morgan fingerprint density at radius 3 is 1.87 bits per heavy atom. The third-order valence-electron chi connectivity index (χ3n) is 12.0. The molecule has 3 saturated heterocycles. The minimum absolute atomic E-state index is 0.0213. The Morgan fingerprint density at radius 1 is 0.722 bits per heavy atom. The number of allylic oxidation sites excluding steroid dienone is 2. The summed E-state index contributed by atoms with van der Waals surface area (Å²) >= 11 is 0. The number of hydrogen-bond acceptors (Lipinski definition) is 16. The van der Waals surface area contributed by atoms with Crippen LogP contribution in [-0.4, -0.2) is 138 Å². The van der Waals surface area contributed by atoms with Crippen LogP contribution < -0.4 is 0 Å². The lowest BCUT2D eigenvalue weighted by atomic mass is 9.62. The molecule has 16 heteroatoms. The zero-order chi connectivity index (χ0) is 39.0. The predicted molar refractivity (Wildman–Crippen MR) is 183 cm³/mol. The predicted octanol–water partition coefficient (Wildman–Crippen LogP) is 1.58. The van der Waals surface area contributed by atoms with Crippen molar-refractivity contribution in [2.75, 3.05) is 0 Å². The molecule has 54 heavy (non-hydrogen) atoms. The van der Waals surface area contributed by atoms with Gasteiger partial charge in [-0.05, 0) is 39.7 Å². The molecule has 0 spiro atoms. The molecule has 0 bridgehead atoms. The van der Waals surface area contributed by atoms with Gasteiger partial charge < -0.3 is 69.3 Å². The van der Waals surface area contributed by atoms with Crippen molar-refractivity contribution in [2.24, 2.45) is 11.8 Å². The SMILES string of the molecule is CCC1(O)CC(OC2CC(O)C(OC3CC(O)C(OC4CCC(O)C(C)O4)C(C)O3)C(C)O2)C2=C(O)C3C(=O)c4c(O)cccc4C(=O)C3C(O)=C2C1O. The number of fused-ring (bicyclic) bond motifs is 3. The van der Waals surface area contributed by atoms with Crippen LogP contribution in [0.2, 0.25) is 0 Å². The first kappa shape index (κ1) is 39.2. The van der Waals surface area contributed by atoms with E-state index in [4.69, 9.17) is 28.4 Å². The summed E-state index contributed by atoms with van der Waals surface area (Å²) in [4.78, 5) is 27.4. The number of aliphatic hydroxyl groups is 7. The van der Waals surface area contributed by atoms with Crippen LogP contribution >= 0.6 is 0 Å². The number of phenolic OH excluding ortho intramolecular Hbond substituents is 1. The van der Waals surface area contributed by atoms with Gasteiger partial charge in [-0.15, -0.1) is 0 Å². The summed E-state index contributed by atoms with van der Waals surface area (Å²) in [6.07, 6.45) is -11.6. The first-order valence-corrected chi connectivity index (χ1v) is 18.7. The van der Waals surface area contributed by atoms with E-state index in [9.17, 15) is 50.4 Å². The summed E-state index contributed by atoms with van der Waals surface area (Å²) in [5, 5.41) is 89.0. The fourth-order valence-corrected chi connectivity index (χ4v) is 8.87. The van der Waals surface area contributed by atoms with Crippen molar-refractivity contribution in [3.63, 3.8) is 0 Å². The van der Waals surface area contributed by atoms with Crippen molar-refractivity contribution in [2.45, 2.75) is 152 Å². The summed E-state index contributed by atoms with van der Waals surface area (Å²) in [6.45, 7) is 6.71. The van der Waals surface area contributed by atoms with Crippen molar-refractivity contribution in [3.8, 4) is 5.75 Å². The average molecular weight is 763 g/mol. The summed E-state index contributed by atoms with van der Waals surface area (Å²) in [5.74, 6) is -6.64. The molecule has 3 aliphatic heterocycles. The number of aliphatic hydroxyl groups excluding tert-OH is 6. The van der Waals surface area contributed by atoms with Crippen molar-refractivity contribution in [3.05, 3.63) is 52.0 Å². The van der Waals surface area contributed by atoms with E-state index in [2.05, 4.69) is 0 Å². The minimum Gasteiger partial charge on any atom is -0.511 e. The van der Waals surface area contributed by atoms with Crippen LogP contribution in [0, 0.1) is 11.8 Å². The second-order valence-corrected chi connectivity index (χ2v) is 15.4. The largest absolute Gasteiger partial charge is 0.511 e. The third kappa shape index (κ3) is 6.68. The summed E-state index contributed by atoms with van der Waals surface area (Å²) < 4.78 is 36.3. The van der Waals surface area contributed by atoms with Gasteiger partial charge in [0.1, 0.15) is 35.6 Å². The smallest absolute Gasteiger partial charge is 0.179 e. The van der Waals surface area contributed by atoms with Gasteiger partial charge in [-0.2, -0.15) is 0 Å². The molecule has 4 fully saturated rings. The monoisotopic (exact) mass is 762 g/mol. The number of rotatable bonds is 7. The van der Waals surface area contributed by atoms with Crippen molar-refractivity contribution >= 4 is 11.6 Å². The third-order valence-corrected chi connectivity index (χ3v) is 12.0. The molecule has 16 atom stereocenters. The van der Waals surface area contributed by atoms with E-state index in [1.807, 2.05) is 0 Å². The van der Waals surface area contributed by atoms with E-state index in [0.717, 1.165) is 0 Å². The Balaban J connectivity index is 1.06. The molecule has 3 heterocycles. The topological polar surface area (TPSA) is 251 Å². The van der Waals surface area contributed by atoms with Gasteiger partial charge in [0.15, 0.2) is 30.4 Å². The first-order chi connectivity index (χ1) is 25.5. The molecular weight excluding hydrogens is 712 g/mol. The molecule has 0 amide bonds. The van der Waals surface area contributed by atoms with Crippen LogP contribution in [0.3, 0.4) is 0 Å². The van der Waals surface area contributed by atoms with Crippen LogP contribution in [0.1, 0.15) is 86.9 Å². The van der Waals surface area contributed by atoms with E-state index in [-0.39, 0.29) is 48.0 Å². The van der Waals surface area contributed by atoms with E-state index in [0.29, 0.717) is 12.8 Å². The number of phenols is 1. The molecule has 1 aromatic rings. The molecule has 8 N–H and O–H groups in total. The van der Waals surface area contributed by atoms with Crippen molar-refractivity contribution < 1.29 is 78.9 Å². The van der Waals surface area contributed by atoms with Gasteiger partial charge >= 0.3 is 0 Å². The molecule has 1 aromatic carbocycles.